The van der Waals surface area contributed by atoms with Crippen molar-refractivity contribution < 1.29 is 4.39 Å². The van der Waals surface area contributed by atoms with Crippen LogP contribution >= 0.6 is 0 Å². The van der Waals surface area contributed by atoms with Crippen LogP contribution in [0.5, 0.6) is 0 Å². The molecule has 6 heteroatoms. The number of hydrogen-bond donors (Lipinski definition) is 1. The normalized spacial score (nSPS) is 10.6. The fraction of sp³-hybridized carbons (Fsp3) is 0.250. The zero-order valence-corrected chi connectivity index (χ0v) is 15.0. The smallest absolute Gasteiger partial charge is 0.134 e. The molecule has 0 atom stereocenters. The van der Waals surface area contributed by atoms with Crippen molar-refractivity contribution in [2.75, 3.05) is 23.8 Å². The Balaban J connectivity index is 1.63. The van der Waals surface area contributed by atoms with Crippen LogP contribution in [0, 0.1) is 12.7 Å². The maximum absolute atomic E-state index is 13.0. The van der Waals surface area contributed by atoms with Gasteiger partial charge in [-0.05, 0) is 48.7 Å². The Morgan fingerprint density at radius 1 is 1.00 bits per heavy atom. The summed E-state index contributed by atoms with van der Waals surface area (Å²) in [5.41, 5.74) is 2.24. The molecule has 2 heterocycles. The zero-order chi connectivity index (χ0) is 18.4. The van der Waals surface area contributed by atoms with E-state index in [0.29, 0.717) is 12.4 Å². The molecule has 0 spiro atoms. The van der Waals surface area contributed by atoms with E-state index in [2.05, 4.69) is 25.2 Å². The number of halogens is 1. The van der Waals surface area contributed by atoms with Gasteiger partial charge >= 0.3 is 0 Å². The van der Waals surface area contributed by atoms with Crippen molar-refractivity contribution in [3.63, 3.8) is 0 Å². The largest absolute Gasteiger partial charge is 0.366 e. The number of pyridine rings is 1. The molecule has 1 N–H and O–H groups in total. The van der Waals surface area contributed by atoms with Gasteiger partial charge in [-0.15, -0.1) is 0 Å². The Hall–Kier alpha value is -3.02. The SMILES string of the molecule is Cc1nc(NCc2ccc(F)cc2)cc(N(C)CCc2ccncc2)n1. The van der Waals surface area contributed by atoms with Gasteiger partial charge in [-0.3, -0.25) is 4.98 Å². The van der Waals surface area contributed by atoms with Crippen molar-refractivity contribution >= 4 is 11.6 Å². The first-order valence-electron chi connectivity index (χ1n) is 8.54. The molecule has 134 valence electrons. The van der Waals surface area contributed by atoms with Crippen LogP contribution in [0.25, 0.3) is 0 Å². The van der Waals surface area contributed by atoms with Crippen molar-refractivity contribution in [2.45, 2.75) is 19.9 Å². The van der Waals surface area contributed by atoms with Gasteiger partial charge in [0.25, 0.3) is 0 Å². The molecule has 0 aliphatic carbocycles. The molecule has 1 aromatic carbocycles. The first kappa shape index (κ1) is 17.8. The second-order valence-corrected chi connectivity index (χ2v) is 6.17. The zero-order valence-electron chi connectivity index (χ0n) is 15.0. The summed E-state index contributed by atoms with van der Waals surface area (Å²) in [4.78, 5) is 15.1. The quantitative estimate of drug-likeness (QED) is 0.705. The average molecular weight is 351 g/mol. The molecule has 0 saturated heterocycles. The minimum Gasteiger partial charge on any atom is -0.366 e. The van der Waals surface area contributed by atoms with E-state index >= 15 is 0 Å². The topological polar surface area (TPSA) is 53.9 Å². The Labute approximate surface area is 153 Å². The lowest BCUT2D eigenvalue weighted by molar-refractivity contribution is 0.627. The number of benzene rings is 1. The molecule has 0 amide bonds. The van der Waals surface area contributed by atoms with E-state index in [-0.39, 0.29) is 5.82 Å². The van der Waals surface area contributed by atoms with Gasteiger partial charge in [-0.2, -0.15) is 0 Å². The van der Waals surface area contributed by atoms with Crippen LogP contribution in [0.1, 0.15) is 17.0 Å². The monoisotopic (exact) mass is 351 g/mol. The van der Waals surface area contributed by atoms with E-state index in [1.807, 2.05) is 44.6 Å². The lowest BCUT2D eigenvalue weighted by atomic mass is 10.2. The van der Waals surface area contributed by atoms with Crippen LogP contribution in [0.2, 0.25) is 0 Å². The second-order valence-electron chi connectivity index (χ2n) is 6.17. The third-order valence-corrected chi connectivity index (χ3v) is 4.09. The molecule has 26 heavy (non-hydrogen) atoms. The number of aryl methyl sites for hydroxylation is 1. The number of nitrogens with zero attached hydrogens (tertiary/aromatic N) is 4. The summed E-state index contributed by atoms with van der Waals surface area (Å²) in [7, 11) is 2.02. The summed E-state index contributed by atoms with van der Waals surface area (Å²) < 4.78 is 13.0. The Kier molecular flexibility index (Phi) is 5.73. The first-order valence-corrected chi connectivity index (χ1v) is 8.54. The van der Waals surface area contributed by atoms with Crippen LogP contribution in [0.4, 0.5) is 16.0 Å². The van der Waals surface area contributed by atoms with Gasteiger partial charge in [-0.25, -0.2) is 14.4 Å². The van der Waals surface area contributed by atoms with Crippen molar-refractivity contribution in [2.24, 2.45) is 0 Å². The number of nitrogens with one attached hydrogen (secondary N) is 1. The van der Waals surface area contributed by atoms with Gasteiger partial charge in [-0.1, -0.05) is 12.1 Å². The number of aromatic nitrogens is 3. The van der Waals surface area contributed by atoms with Crippen LogP contribution < -0.4 is 10.2 Å². The fourth-order valence-corrected chi connectivity index (χ4v) is 2.59. The first-order chi connectivity index (χ1) is 12.6. The molecular weight excluding hydrogens is 329 g/mol. The Morgan fingerprint density at radius 3 is 2.46 bits per heavy atom. The summed E-state index contributed by atoms with van der Waals surface area (Å²) in [6.45, 7) is 3.30. The Morgan fingerprint density at radius 2 is 1.73 bits per heavy atom. The predicted molar refractivity (Wildman–Crippen MR) is 102 cm³/mol. The number of likely N-dealkylation sites (N-methyl/N-ethyl adjacent to an activating group) is 1. The summed E-state index contributed by atoms with van der Waals surface area (Å²) in [5, 5.41) is 3.28. The van der Waals surface area contributed by atoms with E-state index in [1.54, 1.807) is 12.1 Å². The molecule has 0 aliphatic heterocycles. The third-order valence-electron chi connectivity index (χ3n) is 4.09. The fourth-order valence-electron chi connectivity index (χ4n) is 2.59. The van der Waals surface area contributed by atoms with Crippen LogP contribution in [-0.2, 0) is 13.0 Å². The van der Waals surface area contributed by atoms with Gasteiger partial charge in [0.05, 0.1) is 0 Å². The highest BCUT2D eigenvalue weighted by Crippen LogP contribution is 2.16. The molecule has 3 rings (SSSR count). The molecular formula is C20H22FN5. The van der Waals surface area contributed by atoms with E-state index < -0.39 is 0 Å². The molecule has 0 unspecified atom stereocenters. The minimum atomic E-state index is -0.232. The lowest BCUT2D eigenvalue weighted by Gasteiger charge is -2.19. The molecule has 2 aromatic heterocycles. The molecule has 0 aliphatic rings. The van der Waals surface area contributed by atoms with Crippen LogP contribution in [0.3, 0.4) is 0 Å². The van der Waals surface area contributed by atoms with Gasteiger partial charge < -0.3 is 10.2 Å². The maximum Gasteiger partial charge on any atom is 0.134 e. The summed E-state index contributed by atoms with van der Waals surface area (Å²) >= 11 is 0. The summed E-state index contributed by atoms with van der Waals surface area (Å²) in [6.07, 6.45) is 4.53. The lowest BCUT2D eigenvalue weighted by Crippen LogP contribution is -2.22. The number of anilines is 2. The van der Waals surface area contributed by atoms with E-state index in [4.69, 9.17) is 0 Å². The molecule has 0 bridgehead atoms. The summed E-state index contributed by atoms with van der Waals surface area (Å²) in [5.74, 6) is 2.10. The van der Waals surface area contributed by atoms with E-state index in [1.165, 1.54) is 17.7 Å². The highest BCUT2D eigenvalue weighted by atomic mass is 19.1. The van der Waals surface area contributed by atoms with Crippen LogP contribution in [-0.4, -0.2) is 28.5 Å². The number of hydrogen-bond acceptors (Lipinski definition) is 5. The van der Waals surface area contributed by atoms with E-state index in [0.717, 1.165) is 30.2 Å². The van der Waals surface area contributed by atoms with Crippen molar-refractivity contribution in [3.05, 3.63) is 77.6 Å². The van der Waals surface area contributed by atoms with Crippen molar-refractivity contribution in [3.8, 4) is 0 Å². The highest BCUT2D eigenvalue weighted by molar-refractivity contribution is 5.49. The predicted octanol–water partition coefficient (Wildman–Crippen LogP) is 3.61. The highest BCUT2D eigenvalue weighted by Gasteiger charge is 2.07. The number of rotatable bonds is 7. The second kappa shape index (κ2) is 8.38. The van der Waals surface area contributed by atoms with Crippen molar-refractivity contribution in [1.29, 1.82) is 0 Å². The van der Waals surface area contributed by atoms with Gasteiger partial charge in [0, 0.05) is 38.6 Å². The van der Waals surface area contributed by atoms with Gasteiger partial charge in [0.2, 0.25) is 0 Å². The molecule has 5 nitrogen and oxygen atoms in total. The maximum atomic E-state index is 13.0. The van der Waals surface area contributed by atoms with Crippen LogP contribution in [0.15, 0.2) is 54.9 Å². The van der Waals surface area contributed by atoms with Gasteiger partial charge in [0.1, 0.15) is 23.3 Å². The molecule has 3 aromatic rings. The molecule has 0 saturated carbocycles. The molecule has 0 radical (unpaired) electrons. The summed E-state index contributed by atoms with van der Waals surface area (Å²) in [6, 6.07) is 12.4. The minimum absolute atomic E-state index is 0.232. The van der Waals surface area contributed by atoms with Crippen molar-refractivity contribution in [1.82, 2.24) is 15.0 Å². The Bertz CT molecular complexity index is 837. The van der Waals surface area contributed by atoms with E-state index in [9.17, 15) is 4.39 Å². The average Bonchev–Trinajstić information content (AvgIpc) is 2.66. The third kappa shape index (κ3) is 4.99. The standard InChI is InChI=1S/C20H22FN5/c1-15-24-19(23-14-17-3-5-18(21)6-4-17)13-20(25-15)26(2)12-9-16-7-10-22-11-8-16/h3-8,10-11,13H,9,12,14H2,1-2H3,(H,23,24,25). The van der Waals surface area contributed by atoms with Gasteiger partial charge in [0.15, 0.2) is 0 Å². The molecule has 0 fully saturated rings.